The molecule has 0 fully saturated rings. The monoisotopic (exact) mass is 204 g/mol. The first kappa shape index (κ1) is 13.2. The van der Waals surface area contributed by atoms with Crippen molar-refractivity contribution >= 4 is 6.03 Å². The maximum Gasteiger partial charge on any atom is 0.340 e. The average molecular weight is 204 g/mol. The number of amides is 2. The van der Waals surface area contributed by atoms with E-state index in [1.165, 1.54) is 7.05 Å². The lowest BCUT2D eigenvalue weighted by Gasteiger charge is -2.09. The zero-order chi connectivity index (χ0) is 10.8. The standard InChI is InChI=1S/C9H20N2O3/c1-3-4-7-14-8-5-6-10-9(12)11(2)13/h13H,3-8H2,1-2H3,(H,10,12). The molecular weight excluding hydrogens is 184 g/mol. The summed E-state index contributed by atoms with van der Waals surface area (Å²) >= 11 is 0. The minimum atomic E-state index is -0.487. The molecule has 2 amide bonds. The van der Waals surface area contributed by atoms with Crippen LogP contribution in [0, 0.1) is 0 Å². The third kappa shape index (κ3) is 7.82. The number of rotatable bonds is 7. The van der Waals surface area contributed by atoms with Gasteiger partial charge in [-0.25, -0.2) is 9.86 Å². The molecule has 0 atom stereocenters. The maximum atomic E-state index is 10.8. The first-order valence-electron chi connectivity index (χ1n) is 4.96. The van der Waals surface area contributed by atoms with Gasteiger partial charge in [0.05, 0.1) is 0 Å². The van der Waals surface area contributed by atoms with Crippen LogP contribution in [0.3, 0.4) is 0 Å². The first-order chi connectivity index (χ1) is 6.68. The van der Waals surface area contributed by atoms with E-state index >= 15 is 0 Å². The number of hydrogen-bond donors (Lipinski definition) is 2. The molecule has 2 N–H and O–H groups in total. The minimum absolute atomic E-state index is 0.487. The average Bonchev–Trinajstić information content (AvgIpc) is 2.16. The van der Waals surface area contributed by atoms with E-state index in [2.05, 4.69) is 12.2 Å². The van der Waals surface area contributed by atoms with Crippen LogP contribution in [-0.2, 0) is 4.74 Å². The Kier molecular flexibility index (Phi) is 8.27. The number of hydroxylamine groups is 2. The molecule has 0 bridgehead atoms. The van der Waals surface area contributed by atoms with Crippen molar-refractivity contribution in [2.45, 2.75) is 26.2 Å². The molecule has 0 saturated heterocycles. The van der Waals surface area contributed by atoms with Crippen LogP contribution in [0.4, 0.5) is 4.79 Å². The summed E-state index contributed by atoms with van der Waals surface area (Å²) in [6.45, 7) is 4.07. The Bertz CT molecular complexity index is 151. The zero-order valence-electron chi connectivity index (χ0n) is 8.95. The molecule has 84 valence electrons. The second kappa shape index (κ2) is 8.77. The predicted octanol–water partition coefficient (Wildman–Crippen LogP) is 1.22. The molecule has 0 aromatic rings. The lowest BCUT2D eigenvalue weighted by molar-refractivity contribution is -0.0184. The largest absolute Gasteiger partial charge is 0.381 e. The van der Waals surface area contributed by atoms with Gasteiger partial charge in [0, 0.05) is 26.8 Å². The van der Waals surface area contributed by atoms with Crippen molar-refractivity contribution in [2.75, 3.05) is 26.8 Å². The Morgan fingerprint density at radius 2 is 2.07 bits per heavy atom. The van der Waals surface area contributed by atoms with E-state index in [9.17, 15) is 4.79 Å². The summed E-state index contributed by atoms with van der Waals surface area (Å²) in [5.74, 6) is 0. The first-order valence-corrected chi connectivity index (χ1v) is 4.96. The molecular formula is C9H20N2O3. The molecule has 0 unspecified atom stereocenters. The summed E-state index contributed by atoms with van der Waals surface area (Å²) in [6, 6.07) is -0.487. The fraction of sp³-hybridized carbons (Fsp3) is 0.889. The van der Waals surface area contributed by atoms with Crippen LogP contribution in [0.2, 0.25) is 0 Å². The number of urea groups is 1. The highest BCUT2D eigenvalue weighted by Crippen LogP contribution is 1.89. The van der Waals surface area contributed by atoms with Crippen molar-refractivity contribution in [1.82, 2.24) is 10.4 Å². The maximum absolute atomic E-state index is 10.8. The van der Waals surface area contributed by atoms with Crippen LogP contribution >= 0.6 is 0 Å². The van der Waals surface area contributed by atoms with Gasteiger partial charge in [0.2, 0.25) is 0 Å². The third-order valence-corrected chi connectivity index (χ3v) is 1.68. The van der Waals surface area contributed by atoms with E-state index in [0.717, 1.165) is 25.9 Å². The fourth-order valence-corrected chi connectivity index (χ4v) is 0.832. The van der Waals surface area contributed by atoms with Gasteiger partial charge in [-0.3, -0.25) is 5.21 Å². The second-order valence-corrected chi connectivity index (χ2v) is 3.08. The molecule has 0 aliphatic carbocycles. The molecule has 0 saturated carbocycles. The van der Waals surface area contributed by atoms with Gasteiger partial charge >= 0.3 is 6.03 Å². The lowest BCUT2D eigenvalue weighted by Crippen LogP contribution is -2.35. The van der Waals surface area contributed by atoms with E-state index in [0.29, 0.717) is 18.2 Å². The van der Waals surface area contributed by atoms with Gasteiger partial charge in [-0.05, 0) is 12.8 Å². The Hall–Kier alpha value is -0.810. The summed E-state index contributed by atoms with van der Waals surface area (Å²) in [5.41, 5.74) is 0. The van der Waals surface area contributed by atoms with Gasteiger partial charge in [-0.15, -0.1) is 0 Å². The highest BCUT2D eigenvalue weighted by Gasteiger charge is 2.02. The quantitative estimate of drug-likeness (QED) is 0.372. The summed E-state index contributed by atoms with van der Waals surface area (Å²) < 4.78 is 5.29. The third-order valence-electron chi connectivity index (χ3n) is 1.68. The number of carbonyl (C=O) groups is 1. The van der Waals surface area contributed by atoms with E-state index in [1.807, 2.05) is 0 Å². The van der Waals surface area contributed by atoms with Crippen LogP contribution in [0.1, 0.15) is 26.2 Å². The molecule has 14 heavy (non-hydrogen) atoms. The molecule has 0 heterocycles. The van der Waals surface area contributed by atoms with Crippen molar-refractivity contribution in [3.05, 3.63) is 0 Å². The van der Waals surface area contributed by atoms with Gasteiger partial charge in [0.25, 0.3) is 0 Å². The molecule has 0 aromatic carbocycles. The van der Waals surface area contributed by atoms with Gasteiger partial charge in [-0.2, -0.15) is 0 Å². The molecule has 0 aliphatic heterocycles. The van der Waals surface area contributed by atoms with E-state index in [1.54, 1.807) is 0 Å². The van der Waals surface area contributed by atoms with E-state index in [-0.39, 0.29) is 0 Å². The van der Waals surface area contributed by atoms with Crippen LogP contribution < -0.4 is 5.32 Å². The van der Waals surface area contributed by atoms with Crippen molar-refractivity contribution in [2.24, 2.45) is 0 Å². The summed E-state index contributed by atoms with van der Waals surface area (Å²) in [6.07, 6.45) is 2.97. The number of hydrogen-bond acceptors (Lipinski definition) is 3. The Morgan fingerprint density at radius 3 is 2.64 bits per heavy atom. The van der Waals surface area contributed by atoms with Gasteiger partial charge in [0.1, 0.15) is 0 Å². The Balaban J connectivity index is 3.10. The van der Waals surface area contributed by atoms with Gasteiger partial charge in [-0.1, -0.05) is 13.3 Å². The van der Waals surface area contributed by atoms with Crippen LogP contribution in [0.5, 0.6) is 0 Å². The SMILES string of the molecule is CCCCOCCCNC(=O)N(C)O. The van der Waals surface area contributed by atoms with Crippen molar-refractivity contribution in [1.29, 1.82) is 0 Å². The van der Waals surface area contributed by atoms with Crippen molar-refractivity contribution in [3.8, 4) is 0 Å². The number of carbonyl (C=O) groups excluding carboxylic acids is 1. The molecule has 0 rings (SSSR count). The highest BCUT2D eigenvalue weighted by atomic mass is 16.5. The smallest absolute Gasteiger partial charge is 0.340 e. The normalized spacial score (nSPS) is 9.93. The summed E-state index contributed by atoms with van der Waals surface area (Å²) in [5, 5.41) is 11.7. The lowest BCUT2D eigenvalue weighted by atomic mass is 10.4. The molecule has 0 aromatic heterocycles. The Morgan fingerprint density at radius 1 is 1.43 bits per heavy atom. The highest BCUT2D eigenvalue weighted by molar-refractivity contribution is 5.72. The number of ether oxygens (including phenoxy) is 1. The summed E-state index contributed by atoms with van der Waals surface area (Å²) in [7, 11) is 1.28. The number of nitrogens with one attached hydrogen (secondary N) is 1. The van der Waals surface area contributed by atoms with Crippen LogP contribution in [0.15, 0.2) is 0 Å². The summed E-state index contributed by atoms with van der Waals surface area (Å²) in [4.78, 5) is 10.8. The van der Waals surface area contributed by atoms with Gasteiger partial charge in [0.15, 0.2) is 0 Å². The van der Waals surface area contributed by atoms with Crippen LogP contribution in [-0.4, -0.2) is 43.1 Å². The molecule has 5 heteroatoms. The molecule has 0 radical (unpaired) electrons. The fourth-order valence-electron chi connectivity index (χ4n) is 0.832. The van der Waals surface area contributed by atoms with Crippen molar-refractivity contribution < 1.29 is 14.7 Å². The number of nitrogens with zero attached hydrogens (tertiary/aromatic N) is 1. The Labute approximate surface area is 85.0 Å². The molecule has 0 aliphatic rings. The van der Waals surface area contributed by atoms with Gasteiger partial charge < -0.3 is 10.1 Å². The van der Waals surface area contributed by atoms with E-state index < -0.39 is 6.03 Å². The molecule has 0 spiro atoms. The second-order valence-electron chi connectivity index (χ2n) is 3.08. The van der Waals surface area contributed by atoms with Crippen molar-refractivity contribution in [3.63, 3.8) is 0 Å². The topological polar surface area (TPSA) is 61.8 Å². The van der Waals surface area contributed by atoms with Crippen LogP contribution in [0.25, 0.3) is 0 Å². The zero-order valence-corrected chi connectivity index (χ0v) is 8.95. The molecule has 5 nitrogen and oxygen atoms in total. The number of unbranched alkanes of at least 4 members (excludes halogenated alkanes) is 1. The van der Waals surface area contributed by atoms with E-state index in [4.69, 9.17) is 9.94 Å². The minimum Gasteiger partial charge on any atom is -0.381 e. The predicted molar refractivity (Wildman–Crippen MR) is 53.3 cm³/mol.